The van der Waals surface area contributed by atoms with Gasteiger partial charge in [-0.2, -0.15) is 0 Å². The number of likely N-dealkylation sites (tertiary alicyclic amines) is 1. The molecule has 0 aromatic carbocycles. The first-order valence-electron chi connectivity index (χ1n) is 7.22. The van der Waals surface area contributed by atoms with Crippen molar-refractivity contribution in [3.8, 4) is 24.2 Å². The summed E-state index contributed by atoms with van der Waals surface area (Å²) in [4.78, 5) is 13.4. The average Bonchev–Trinajstić information content (AvgIpc) is 2.37. The first kappa shape index (κ1) is 17.6. The first-order valence-corrected chi connectivity index (χ1v) is 10.1. The van der Waals surface area contributed by atoms with E-state index in [0.29, 0.717) is 19.6 Å². The Morgan fingerprint density at radius 2 is 2.10 bits per heavy atom. The van der Waals surface area contributed by atoms with E-state index in [2.05, 4.69) is 51.6 Å². The summed E-state index contributed by atoms with van der Waals surface area (Å²) in [7, 11) is -1.76. The molecule has 1 fully saturated rings. The zero-order chi connectivity index (χ0) is 16.1. The maximum Gasteiger partial charge on any atom is 0.225 e. The molecular formula is C17H25NO2Si. The number of carbonyl (C=O) groups is 1. The van der Waals surface area contributed by atoms with Gasteiger partial charge in [-0.15, -0.1) is 6.42 Å². The molecule has 0 N–H and O–H groups in total. The second-order valence-electron chi connectivity index (χ2n) is 6.77. The first-order chi connectivity index (χ1) is 9.69. The highest BCUT2D eigenvalue weighted by Crippen LogP contribution is 2.37. The second kappa shape index (κ2) is 6.98. The van der Waals surface area contributed by atoms with E-state index in [4.69, 9.17) is 10.8 Å². The topological polar surface area (TPSA) is 29.5 Å². The number of amides is 1. The van der Waals surface area contributed by atoms with E-state index in [1.165, 1.54) is 0 Å². The zero-order valence-corrected chi connectivity index (χ0v) is 14.7. The van der Waals surface area contributed by atoms with Gasteiger partial charge in [-0.3, -0.25) is 4.79 Å². The predicted octanol–water partition coefficient (Wildman–Crippen LogP) is 2.80. The number of hydrogen-bond acceptors (Lipinski definition) is 2. The number of hydrogen-bond donors (Lipinski definition) is 0. The highest BCUT2D eigenvalue weighted by molar-refractivity contribution is 6.74. The van der Waals surface area contributed by atoms with Gasteiger partial charge < -0.3 is 9.33 Å². The summed E-state index contributed by atoms with van der Waals surface area (Å²) in [5, 5.41) is 0.186. The molecule has 114 valence electrons. The van der Waals surface area contributed by atoms with E-state index in [1.54, 1.807) is 17.1 Å². The van der Waals surface area contributed by atoms with Crippen molar-refractivity contribution in [2.24, 2.45) is 0 Å². The van der Waals surface area contributed by atoms with Crippen LogP contribution in [0, 0.1) is 24.2 Å². The highest BCUT2D eigenvalue weighted by atomic mass is 28.4. The monoisotopic (exact) mass is 303 g/mol. The Hall–Kier alpha value is -1.49. The van der Waals surface area contributed by atoms with Crippen molar-refractivity contribution in [3.63, 3.8) is 0 Å². The molecule has 0 radical (unpaired) electrons. The number of rotatable bonds is 4. The summed E-state index contributed by atoms with van der Waals surface area (Å²) in [6.07, 6.45) is 8.81. The number of β-lactam (4-membered cyclic amide) rings is 1. The standard InChI is InChI=1S/C17H25NO2Si/c1-7-8-9-10-11-12-18-15(13-16(18)19)14-20-21(5,6)17(2,3)4/h1,8-9,15H,12-14H2,2-6H3/b9-8-. The van der Waals surface area contributed by atoms with Gasteiger partial charge in [-0.05, 0) is 30.3 Å². The molecule has 4 heteroatoms. The molecule has 1 amide bonds. The molecule has 0 aromatic heterocycles. The van der Waals surface area contributed by atoms with E-state index in [9.17, 15) is 4.79 Å². The van der Waals surface area contributed by atoms with Crippen LogP contribution in [0.4, 0.5) is 0 Å². The van der Waals surface area contributed by atoms with Crippen LogP contribution in [0.15, 0.2) is 12.2 Å². The van der Waals surface area contributed by atoms with E-state index >= 15 is 0 Å². The maximum atomic E-state index is 11.6. The minimum atomic E-state index is -1.76. The minimum absolute atomic E-state index is 0.147. The third kappa shape index (κ3) is 4.77. The molecule has 21 heavy (non-hydrogen) atoms. The van der Waals surface area contributed by atoms with Crippen molar-refractivity contribution in [2.45, 2.75) is 51.4 Å². The van der Waals surface area contributed by atoms with Gasteiger partial charge in [-0.25, -0.2) is 0 Å². The second-order valence-corrected chi connectivity index (χ2v) is 11.6. The Morgan fingerprint density at radius 3 is 2.62 bits per heavy atom. The van der Waals surface area contributed by atoms with Crippen molar-refractivity contribution >= 4 is 14.2 Å². The van der Waals surface area contributed by atoms with E-state index in [-0.39, 0.29) is 17.0 Å². The Labute approximate surface area is 129 Å². The van der Waals surface area contributed by atoms with Gasteiger partial charge in [0.25, 0.3) is 0 Å². The number of nitrogens with zero attached hydrogens (tertiary/aromatic N) is 1. The van der Waals surface area contributed by atoms with Crippen LogP contribution >= 0.6 is 0 Å². The van der Waals surface area contributed by atoms with Crippen molar-refractivity contribution in [2.75, 3.05) is 13.2 Å². The van der Waals surface area contributed by atoms with Gasteiger partial charge in [0.2, 0.25) is 5.91 Å². The van der Waals surface area contributed by atoms with Crippen molar-refractivity contribution in [1.82, 2.24) is 4.90 Å². The van der Waals surface area contributed by atoms with Gasteiger partial charge >= 0.3 is 0 Å². The molecule has 1 saturated heterocycles. The smallest absolute Gasteiger partial charge is 0.225 e. The van der Waals surface area contributed by atoms with Crippen molar-refractivity contribution < 1.29 is 9.22 Å². The molecule has 1 unspecified atom stereocenters. The fraction of sp³-hybridized carbons (Fsp3) is 0.588. The molecule has 1 atom stereocenters. The van der Waals surface area contributed by atoms with Crippen LogP contribution in [-0.4, -0.2) is 38.3 Å². The summed E-state index contributed by atoms with van der Waals surface area (Å²) in [6, 6.07) is 0.164. The van der Waals surface area contributed by atoms with Gasteiger partial charge in [0.1, 0.15) is 0 Å². The Bertz CT molecular complexity index is 512. The quantitative estimate of drug-likeness (QED) is 0.454. The number of carbonyl (C=O) groups excluding carboxylic acids is 1. The number of allylic oxidation sites excluding steroid dienone is 2. The summed E-state index contributed by atoms with van der Waals surface area (Å²) < 4.78 is 6.18. The largest absolute Gasteiger partial charge is 0.415 e. The van der Waals surface area contributed by atoms with Gasteiger partial charge in [0.05, 0.1) is 19.2 Å². The molecule has 0 aliphatic carbocycles. The molecule has 0 saturated carbocycles. The van der Waals surface area contributed by atoms with Gasteiger partial charge in [0.15, 0.2) is 8.32 Å². The average molecular weight is 303 g/mol. The van der Waals surface area contributed by atoms with Gasteiger partial charge in [0, 0.05) is 6.42 Å². The molecule has 0 spiro atoms. The molecule has 3 nitrogen and oxygen atoms in total. The lowest BCUT2D eigenvalue weighted by molar-refractivity contribution is -0.146. The lowest BCUT2D eigenvalue weighted by atomic mass is 10.0. The molecular weight excluding hydrogens is 278 g/mol. The van der Waals surface area contributed by atoms with E-state index < -0.39 is 8.32 Å². The third-order valence-electron chi connectivity index (χ3n) is 4.23. The SMILES string of the molecule is C#C/C=C\C#CCN1C(=O)CC1CO[Si](C)(C)C(C)(C)C. The molecule has 1 aliphatic heterocycles. The van der Waals surface area contributed by atoms with Crippen LogP contribution in [0.25, 0.3) is 0 Å². The molecule has 1 heterocycles. The Balaban J connectivity index is 2.50. The van der Waals surface area contributed by atoms with Crippen LogP contribution in [0.1, 0.15) is 27.2 Å². The van der Waals surface area contributed by atoms with Crippen molar-refractivity contribution in [3.05, 3.63) is 12.2 Å². The molecule has 0 aromatic rings. The predicted molar refractivity (Wildman–Crippen MR) is 89.0 cm³/mol. The van der Waals surface area contributed by atoms with E-state index in [1.807, 2.05) is 0 Å². The fourth-order valence-electron chi connectivity index (χ4n) is 1.69. The lowest BCUT2D eigenvalue weighted by Gasteiger charge is -2.43. The molecule has 1 rings (SSSR count). The van der Waals surface area contributed by atoms with Crippen LogP contribution in [0.5, 0.6) is 0 Å². The summed E-state index contributed by atoms with van der Waals surface area (Å²) in [5.74, 6) is 8.28. The normalized spacial score (nSPS) is 19.0. The zero-order valence-electron chi connectivity index (χ0n) is 13.7. The summed E-state index contributed by atoms with van der Waals surface area (Å²) >= 11 is 0. The fourth-order valence-corrected chi connectivity index (χ4v) is 2.73. The molecule has 1 aliphatic rings. The third-order valence-corrected chi connectivity index (χ3v) is 8.73. The number of terminal acetylenes is 1. The van der Waals surface area contributed by atoms with Crippen LogP contribution in [0.2, 0.25) is 18.1 Å². The Morgan fingerprint density at radius 1 is 1.43 bits per heavy atom. The summed E-state index contributed by atoms with van der Waals surface area (Å²) in [6.45, 7) is 12.2. The van der Waals surface area contributed by atoms with Crippen molar-refractivity contribution in [1.29, 1.82) is 0 Å². The highest BCUT2D eigenvalue weighted by Gasteiger charge is 2.41. The maximum absolute atomic E-state index is 11.6. The van der Waals surface area contributed by atoms with Crippen LogP contribution < -0.4 is 0 Å². The Kier molecular flexibility index (Phi) is 5.84. The van der Waals surface area contributed by atoms with E-state index in [0.717, 1.165) is 0 Å². The molecule has 0 bridgehead atoms. The summed E-state index contributed by atoms with van der Waals surface area (Å²) in [5.41, 5.74) is 0. The lowest BCUT2D eigenvalue weighted by Crippen LogP contribution is -2.56. The van der Waals surface area contributed by atoms with Crippen LogP contribution in [0.3, 0.4) is 0 Å². The van der Waals surface area contributed by atoms with Crippen LogP contribution in [-0.2, 0) is 9.22 Å². The minimum Gasteiger partial charge on any atom is -0.415 e. The van der Waals surface area contributed by atoms with Gasteiger partial charge in [-0.1, -0.05) is 38.5 Å².